The van der Waals surface area contributed by atoms with Gasteiger partial charge in [0.25, 0.3) is 0 Å². The molecule has 2 aromatic rings. The molecule has 9 heteroatoms. The van der Waals surface area contributed by atoms with Crippen molar-refractivity contribution in [3.05, 3.63) is 46.5 Å². The molecule has 0 aliphatic carbocycles. The highest BCUT2D eigenvalue weighted by Gasteiger charge is 2.25. The van der Waals surface area contributed by atoms with E-state index in [-0.39, 0.29) is 10.9 Å². The summed E-state index contributed by atoms with van der Waals surface area (Å²) in [6, 6.07) is 11.3. The lowest BCUT2D eigenvalue weighted by Gasteiger charge is -2.32. The summed E-state index contributed by atoms with van der Waals surface area (Å²) in [6.45, 7) is 3.40. The molecule has 1 aromatic carbocycles. The molecule has 0 spiro atoms. The van der Waals surface area contributed by atoms with E-state index >= 15 is 0 Å². The van der Waals surface area contributed by atoms with E-state index in [0.29, 0.717) is 34.1 Å². The minimum Gasteiger partial charge on any atom is -0.768 e. The van der Waals surface area contributed by atoms with Crippen molar-refractivity contribution in [1.82, 2.24) is 4.98 Å². The Morgan fingerprint density at radius 1 is 1.23 bits per heavy atom. The van der Waals surface area contributed by atoms with Gasteiger partial charge in [-0.3, -0.25) is 4.21 Å². The van der Waals surface area contributed by atoms with Crippen LogP contribution >= 0.6 is 11.8 Å². The molecule has 1 aliphatic rings. The molecule has 2 N–H and O–H groups in total. The maximum Gasteiger partial charge on any atom is 0.148 e. The average Bonchev–Trinajstić information content (AvgIpc) is 2.77. The fraction of sp³-hybridized carbons (Fsp3) is 0.381. The van der Waals surface area contributed by atoms with Crippen LogP contribution in [0.4, 0.5) is 5.82 Å². The summed E-state index contributed by atoms with van der Waals surface area (Å²) < 4.78 is 22.0. The summed E-state index contributed by atoms with van der Waals surface area (Å²) in [5.74, 6) is 1.16. The minimum absolute atomic E-state index is 0.163. The second-order valence-electron chi connectivity index (χ2n) is 7.04. The fourth-order valence-electron chi connectivity index (χ4n) is 3.48. The van der Waals surface area contributed by atoms with Crippen molar-refractivity contribution < 1.29 is 8.76 Å². The van der Waals surface area contributed by atoms with Crippen molar-refractivity contribution in [2.45, 2.75) is 47.9 Å². The molecule has 1 saturated heterocycles. The highest BCUT2D eigenvalue weighted by Crippen LogP contribution is 2.34. The quantitative estimate of drug-likeness (QED) is 0.536. The normalized spacial score (nSPS) is 15.4. The van der Waals surface area contributed by atoms with E-state index in [1.807, 2.05) is 6.92 Å². The van der Waals surface area contributed by atoms with E-state index in [1.54, 1.807) is 24.3 Å². The third-order valence-electron chi connectivity index (χ3n) is 5.16. The molecule has 3 rings (SSSR count). The summed E-state index contributed by atoms with van der Waals surface area (Å²) in [6.07, 6.45) is 2.24. The van der Waals surface area contributed by atoms with Gasteiger partial charge in [0.05, 0.1) is 11.1 Å². The van der Waals surface area contributed by atoms with Crippen LogP contribution in [0.25, 0.3) is 0 Å². The van der Waals surface area contributed by atoms with Gasteiger partial charge in [-0.1, -0.05) is 19.1 Å². The van der Waals surface area contributed by atoms with E-state index in [0.717, 1.165) is 37.1 Å². The molecule has 0 amide bonds. The topological polar surface area (TPSA) is 130 Å². The number of anilines is 1. The van der Waals surface area contributed by atoms with Gasteiger partial charge < -0.3 is 15.2 Å². The maximum absolute atomic E-state index is 11.0. The van der Waals surface area contributed by atoms with Crippen molar-refractivity contribution >= 4 is 28.7 Å². The number of hydrogen-bond donors (Lipinski definition) is 1. The van der Waals surface area contributed by atoms with E-state index < -0.39 is 11.1 Å². The first-order valence-corrected chi connectivity index (χ1v) is 11.7. The van der Waals surface area contributed by atoms with Gasteiger partial charge in [0.1, 0.15) is 23.0 Å². The predicted octanol–water partition coefficient (Wildman–Crippen LogP) is 2.85. The molecule has 1 aliphatic heterocycles. The van der Waals surface area contributed by atoms with Gasteiger partial charge in [-0.05, 0) is 53.6 Å². The van der Waals surface area contributed by atoms with Gasteiger partial charge in [-0.25, -0.2) is 4.98 Å². The average molecular weight is 441 g/mol. The highest BCUT2D eigenvalue weighted by atomic mass is 32.2. The van der Waals surface area contributed by atoms with Crippen molar-refractivity contribution in [2.24, 2.45) is 5.73 Å². The van der Waals surface area contributed by atoms with Gasteiger partial charge in [0.15, 0.2) is 0 Å². The fourth-order valence-corrected chi connectivity index (χ4v) is 4.79. The monoisotopic (exact) mass is 440 g/mol. The molecule has 0 saturated carbocycles. The molecule has 1 fully saturated rings. The molecular formula is C21H22N5O2S2-. The van der Waals surface area contributed by atoms with Crippen LogP contribution in [0.1, 0.15) is 42.0 Å². The summed E-state index contributed by atoms with van der Waals surface area (Å²) >= 11 is -0.838. The Bertz CT molecular complexity index is 1020. The standard InChI is InChI=1S/C21H23N5O2S2/c1-2-17-18(11-22)20(26-9-7-15(24)8-10-26)25-21(19(17)12-23)29-13-14-3-5-16(6-4-14)30(27)28/h3-6,15H,2,7-10,13,24H2,1H3,(H,27,28)/p-1. The Balaban J connectivity index is 1.94. The zero-order chi connectivity index (χ0) is 21.7. The van der Waals surface area contributed by atoms with Crippen molar-refractivity contribution in [2.75, 3.05) is 18.0 Å². The zero-order valence-corrected chi connectivity index (χ0v) is 18.3. The largest absolute Gasteiger partial charge is 0.768 e. The Morgan fingerprint density at radius 2 is 1.87 bits per heavy atom. The molecule has 1 atom stereocenters. The molecule has 156 valence electrons. The lowest BCUT2D eigenvalue weighted by molar-refractivity contribution is 0.497. The number of thioether (sulfide) groups is 1. The summed E-state index contributed by atoms with van der Waals surface area (Å²) in [4.78, 5) is 7.06. The Labute approximate surface area is 183 Å². The number of hydrogen-bond acceptors (Lipinski definition) is 8. The van der Waals surface area contributed by atoms with Gasteiger partial charge in [0, 0.05) is 29.8 Å². The number of nitriles is 2. The maximum atomic E-state index is 11.0. The third kappa shape index (κ3) is 4.82. The summed E-state index contributed by atoms with van der Waals surface area (Å²) in [5.41, 5.74) is 8.57. The number of nitrogens with two attached hydrogens (primary N) is 1. The number of pyridine rings is 1. The SMILES string of the molecule is CCc1c(C#N)c(SCc2ccc(S(=O)[O-])cc2)nc(N2CCC(N)CC2)c1C#N. The molecule has 1 unspecified atom stereocenters. The second-order valence-corrected chi connectivity index (χ2v) is 8.94. The first kappa shape index (κ1) is 22.3. The molecule has 30 heavy (non-hydrogen) atoms. The van der Waals surface area contributed by atoms with Crippen LogP contribution in [0.3, 0.4) is 0 Å². The van der Waals surface area contributed by atoms with Crippen LogP contribution in [-0.2, 0) is 23.3 Å². The molecule has 1 aromatic heterocycles. The highest BCUT2D eigenvalue weighted by molar-refractivity contribution is 7.98. The van der Waals surface area contributed by atoms with Gasteiger partial charge in [-0.2, -0.15) is 10.5 Å². The zero-order valence-electron chi connectivity index (χ0n) is 16.6. The minimum atomic E-state index is -2.26. The van der Waals surface area contributed by atoms with E-state index in [9.17, 15) is 19.3 Å². The number of benzene rings is 1. The lowest BCUT2D eigenvalue weighted by Crippen LogP contribution is -2.40. The Morgan fingerprint density at radius 3 is 2.40 bits per heavy atom. The molecule has 0 bridgehead atoms. The lowest BCUT2D eigenvalue weighted by atomic mass is 10.00. The van der Waals surface area contributed by atoms with Crippen molar-refractivity contribution in [1.29, 1.82) is 10.5 Å². The molecule has 2 heterocycles. The first-order valence-electron chi connectivity index (χ1n) is 9.67. The van der Waals surface area contributed by atoms with Crippen LogP contribution in [0.2, 0.25) is 0 Å². The van der Waals surface area contributed by atoms with Crippen LogP contribution in [-0.4, -0.2) is 32.9 Å². The van der Waals surface area contributed by atoms with Gasteiger partial charge in [-0.15, -0.1) is 11.8 Å². The molecule has 0 radical (unpaired) electrons. The molecular weight excluding hydrogens is 418 g/mol. The summed E-state index contributed by atoms with van der Waals surface area (Å²) in [7, 11) is 0. The number of aromatic nitrogens is 1. The van der Waals surface area contributed by atoms with Crippen LogP contribution in [0, 0.1) is 22.7 Å². The third-order valence-corrected chi connectivity index (χ3v) is 6.86. The van der Waals surface area contributed by atoms with Crippen LogP contribution in [0.15, 0.2) is 34.2 Å². The van der Waals surface area contributed by atoms with E-state index in [1.165, 1.54) is 11.8 Å². The van der Waals surface area contributed by atoms with Gasteiger partial charge >= 0.3 is 0 Å². The summed E-state index contributed by atoms with van der Waals surface area (Å²) in [5, 5.41) is 20.2. The first-order chi connectivity index (χ1) is 14.5. The predicted molar refractivity (Wildman–Crippen MR) is 116 cm³/mol. The van der Waals surface area contributed by atoms with Crippen molar-refractivity contribution in [3.8, 4) is 12.1 Å². The second kappa shape index (κ2) is 10.1. The smallest absolute Gasteiger partial charge is 0.148 e. The van der Waals surface area contributed by atoms with Crippen LogP contribution < -0.4 is 10.6 Å². The van der Waals surface area contributed by atoms with Crippen LogP contribution in [0.5, 0.6) is 0 Å². The van der Waals surface area contributed by atoms with Crippen molar-refractivity contribution in [3.63, 3.8) is 0 Å². The molecule has 7 nitrogen and oxygen atoms in total. The van der Waals surface area contributed by atoms with E-state index in [4.69, 9.17) is 10.7 Å². The Kier molecular flexibility index (Phi) is 7.46. The van der Waals surface area contributed by atoms with Gasteiger partial charge in [0.2, 0.25) is 0 Å². The number of piperidine rings is 1. The number of nitrogens with zero attached hydrogens (tertiary/aromatic N) is 4. The number of rotatable bonds is 6. The van der Waals surface area contributed by atoms with E-state index in [2.05, 4.69) is 17.0 Å². The Hall–Kier alpha value is -2.43.